The molecule has 0 bridgehead atoms. The number of thioether (sulfide) groups is 1. The Labute approximate surface area is 131 Å². The van der Waals surface area contributed by atoms with Gasteiger partial charge < -0.3 is 5.32 Å². The van der Waals surface area contributed by atoms with Crippen molar-refractivity contribution < 1.29 is 4.39 Å². The van der Waals surface area contributed by atoms with Crippen molar-refractivity contribution in [2.75, 3.05) is 6.54 Å². The highest BCUT2D eigenvalue weighted by atomic mass is 32.2. The van der Waals surface area contributed by atoms with Crippen LogP contribution < -0.4 is 5.32 Å². The lowest BCUT2D eigenvalue weighted by Gasteiger charge is -2.08. The molecule has 0 spiro atoms. The van der Waals surface area contributed by atoms with Crippen LogP contribution in [0.1, 0.15) is 30.0 Å². The molecule has 0 aliphatic rings. The molecule has 0 radical (unpaired) electrons. The van der Waals surface area contributed by atoms with Gasteiger partial charge in [0.25, 0.3) is 0 Å². The summed E-state index contributed by atoms with van der Waals surface area (Å²) < 4.78 is 13.1. The molecule has 0 aliphatic heterocycles. The van der Waals surface area contributed by atoms with Gasteiger partial charge in [-0.15, -0.1) is 11.8 Å². The maximum Gasteiger partial charge on any atom is 0.123 e. The molecule has 1 N–H and O–H groups in total. The minimum absolute atomic E-state index is 0.162. The molecule has 0 saturated heterocycles. The monoisotopic (exact) mass is 303 g/mol. The van der Waals surface area contributed by atoms with E-state index in [-0.39, 0.29) is 5.82 Å². The Bertz CT molecular complexity index is 583. The highest BCUT2D eigenvalue weighted by Crippen LogP contribution is 2.25. The second kappa shape index (κ2) is 8.20. The molecule has 2 aromatic rings. The summed E-state index contributed by atoms with van der Waals surface area (Å²) in [6.45, 7) is 6.10. The summed E-state index contributed by atoms with van der Waals surface area (Å²) in [4.78, 5) is 1.26. The lowest BCUT2D eigenvalue weighted by atomic mass is 10.1. The maximum absolute atomic E-state index is 13.1. The van der Waals surface area contributed by atoms with E-state index in [0.29, 0.717) is 0 Å². The Hall–Kier alpha value is -1.32. The van der Waals surface area contributed by atoms with Crippen molar-refractivity contribution in [3.05, 3.63) is 65.0 Å². The van der Waals surface area contributed by atoms with E-state index in [1.54, 1.807) is 17.8 Å². The van der Waals surface area contributed by atoms with Crippen LogP contribution in [0.3, 0.4) is 0 Å². The van der Waals surface area contributed by atoms with Crippen LogP contribution >= 0.6 is 11.8 Å². The molecule has 0 unspecified atom stereocenters. The van der Waals surface area contributed by atoms with Gasteiger partial charge >= 0.3 is 0 Å². The average Bonchev–Trinajstić information content (AvgIpc) is 2.47. The fourth-order valence-corrected chi connectivity index (χ4v) is 3.19. The van der Waals surface area contributed by atoms with Gasteiger partial charge in [-0.2, -0.15) is 0 Å². The predicted molar refractivity (Wildman–Crippen MR) is 89.1 cm³/mol. The van der Waals surface area contributed by atoms with Gasteiger partial charge in [-0.1, -0.05) is 25.1 Å². The van der Waals surface area contributed by atoms with E-state index >= 15 is 0 Å². The summed E-state index contributed by atoms with van der Waals surface area (Å²) in [5.41, 5.74) is 3.52. The number of aryl methyl sites for hydroxylation is 1. The largest absolute Gasteiger partial charge is 0.313 e. The van der Waals surface area contributed by atoms with Gasteiger partial charge in [0.15, 0.2) is 0 Å². The zero-order chi connectivity index (χ0) is 15.1. The summed E-state index contributed by atoms with van der Waals surface area (Å²) in [6.07, 6.45) is 1.15. The second-order valence-corrected chi connectivity index (χ2v) is 6.23. The molecule has 0 heterocycles. The van der Waals surface area contributed by atoms with Crippen molar-refractivity contribution in [2.24, 2.45) is 0 Å². The van der Waals surface area contributed by atoms with E-state index in [1.807, 2.05) is 13.0 Å². The van der Waals surface area contributed by atoms with Crippen LogP contribution in [0, 0.1) is 12.7 Å². The summed E-state index contributed by atoms with van der Waals surface area (Å²) in [5.74, 6) is 0.711. The third-order valence-electron chi connectivity index (χ3n) is 3.35. The smallest absolute Gasteiger partial charge is 0.123 e. The molecule has 3 heteroatoms. The third kappa shape index (κ3) is 5.18. The zero-order valence-corrected chi connectivity index (χ0v) is 13.5. The number of hydrogen-bond acceptors (Lipinski definition) is 2. The Kier molecular flexibility index (Phi) is 6.27. The minimum Gasteiger partial charge on any atom is -0.313 e. The standard InChI is InChI=1S/C18H22FNS/c1-3-9-20-12-15-5-4-6-18(11-15)21-13-16-7-8-17(19)10-14(16)2/h4-8,10-11,20H,3,9,12-13H2,1-2H3. The van der Waals surface area contributed by atoms with Crippen molar-refractivity contribution in [3.8, 4) is 0 Å². The van der Waals surface area contributed by atoms with E-state index < -0.39 is 0 Å². The molecule has 0 saturated carbocycles. The molecule has 2 aromatic carbocycles. The quantitative estimate of drug-likeness (QED) is 0.575. The first-order valence-corrected chi connectivity index (χ1v) is 8.35. The van der Waals surface area contributed by atoms with Gasteiger partial charge in [0.05, 0.1) is 0 Å². The first-order chi connectivity index (χ1) is 10.2. The number of nitrogens with one attached hydrogen (secondary N) is 1. The fraction of sp³-hybridized carbons (Fsp3) is 0.333. The molecule has 0 aromatic heterocycles. The Morgan fingerprint density at radius 2 is 2.00 bits per heavy atom. The normalized spacial score (nSPS) is 10.8. The van der Waals surface area contributed by atoms with Crippen molar-refractivity contribution in [1.82, 2.24) is 5.32 Å². The number of halogens is 1. The van der Waals surface area contributed by atoms with Gasteiger partial charge in [0.2, 0.25) is 0 Å². The van der Waals surface area contributed by atoms with E-state index in [1.165, 1.54) is 22.1 Å². The van der Waals surface area contributed by atoms with Crippen LogP contribution in [0.5, 0.6) is 0 Å². The van der Waals surface area contributed by atoms with Gasteiger partial charge in [0, 0.05) is 17.2 Å². The lowest BCUT2D eigenvalue weighted by Crippen LogP contribution is -2.13. The Balaban J connectivity index is 1.95. The van der Waals surface area contributed by atoms with Crippen LogP contribution in [0.15, 0.2) is 47.4 Å². The molecular formula is C18H22FNS. The summed E-state index contributed by atoms with van der Waals surface area (Å²) >= 11 is 1.80. The molecule has 0 atom stereocenters. The van der Waals surface area contributed by atoms with Crippen LogP contribution in [0.2, 0.25) is 0 Å². The molecule has 0 aliphatic carbocycles. The number of hydrogen-bond donors (Lipinski definition) is 1. The maximum atomic E-state index is 13.1. The van der Waals surface area contributed by atoms with E-state index in [9.17, 15) is 4.39 Å². The summed E-state index contributed by atoms with van der Waals surface area (Å²) in [5, 5.41) is 3.42. The Morgan fingerprint density at radius 3 is 2.76 bits per heavy atom. The van der Waals surface area contributed by atoms with Gasteiger partial charge in [-0.25, -0.2) is 4.39 Å². The SMILES string of the molecule is CCCNCc1cccc(SCc2ccc(F)cc2C)c1. The molecule has 0 amide bonds. The fourth-order valence-electron chi connectivity index (χ4n) is 2.14. The summed E-state index contributed by atoms with van der Waals surface area (Å²) in [7, 11) is 0. The first-order valence-electron chi connectivity index (χ1n) is 7.36. The summed E-state index contributed by atoms with van der Waals surface area (Å²) in [6, 6.07) is 13.6. The number of rotatable bonds is 7. The molecule has 2 rings (SSSR count). The van der Waals surface area contributed by atoms with Crippen molar-refractivity contribution in [2.45, 2.75) is 37.5 Å². The van der Waals surface area contributed by atoms with Gasteiger partial charge in [-0.3, -0.25) is 0 Å². The lowest BCUT2D eigenvalue weighted by molar-refractivity contribution is 0.626. The Morgan fingerprint density at radius 1 is 1.14 bits per heavy atom. The van der Waals surface area contributed by atoms with Crippen LogP contribution in [-0.4, -0.2) is 6.54 Å². The highest BCUT2D eigenvalue weighted by Gasteiger charge is 2.02. The topological polar surface area (TPSA) is 12.0 Å². The average molecular weight is 303 g/mol. The predicted octanol–water partition coefficient (Wildman–Crippen LogP) is 4.93. The van der Waals surface area contributed by atoms with Crippen molar-refractivity contribution >= 4 is 11.8 Å². The van der Waals surface area contributed by atoms with E-state index in [2.05, 4.69) is 36.5 Å². The highest BCUT2D eigenvalue weighted by molar-refractivity contribution is 7.98. The van der Waals surface area contributed by atoms with Crippen LogP contribution in [0.25, 0.3) is 0 Å². The van der Waals surface area contributed by atoms with Crippen LogP contribution in [-0.2, 0) is 12.3 Å². The minimum atomic E-state index is -0.162. The van der Waals surface area contributed by atoms with E-state index in [4.69, 9.17) is 0 Å². The van der Waals surface area contributed by atoms with Crippen molar-refractivity contribution in [3.63, 3.8) is 0 Å². The third-order valence-corrected chi connectivity index (χ3v) is 4.40. The first kappa shape index (κ1) is 16.1. The van der Waals surface area contributed by atoms with E-state index in [0.717, 1.165) is 30.8 Å². The molecule has 21 heavy (non-hydrogen) atoms. The zero-order valence-electron chi connectivity index (χ0n) is 12.7. The number of benzene rings is 2. The molecule has 1 nitrogen and oxygen atoms in total. The van der Waals surface area contributed by atoms with Gasteiger partial charge in [-0.05, 0) is 60.8 Å². The second-order valence-electron chi connectivity index (χ2n) is 5.18. The molecule has 0 fully saturated rings. The molecular weight excluding hydrogens is 281 g/mol. The van der Waals surface area contributed by atoms with Gasteiger partial charge in [0.1, 0.15) is 5.82 Å². The van der Waals surface area contributed by atoms with Crippen LogP contribution in [0.4, 0.5) is 4.39 Å². The molecule has 112 valence electrons. The van der Waals surface area contributed by atoms with Crippen molar-refractivity contribution in [1.29, 1.82) is 0 Å².